The van der Waals surface area contributed by atoms with Crippen LogP contribution in [0, 0.1) is 6.92 Å². The second kappa shape index (κ2) is 8.73. The number of amides is 2. The van der Waals surface area contributed by atoms with Crippen LogP contribution in [0.1, 0.15) is 33.2 Å². The van der Waals surface area contributed by atoms with E-state index in [0.717, 1.165) is 5.56 Å². The fraction of sp³-hybridized carbons (Fsp3) is 0.0909. The maximum Gasteiger partial charge on any atom is 0.280 e. The molecule has 1 heterocycles. The number of anilines is 2. The molecular weight excluding hydrogens is 352 g/mol. The molecule has 0 atom stereocenters. The second-order valence-corrected chi connectivity index (χ2v) is 6.07. The molecule has 1 N–H and O–H groups in total. The van der Waals surface area contributed by atoms with E-state index in [1.54, 1.807) is 61.9 Å². The molecule has 2 aromatic carbocycles. The first kappa shape index (κ1) is 19.0. The van der Waals surface area contributed by atoms with E-state index in [-0.39, 0.29) is 11.8 Å². The van der Waals surface area contributed by atoms with Crippen LogP contribution in [0.5, 0.6) is 0 Å². The summed E-state index contributed by atoms with van der Waals surface area (Å²) in [5.74, 6) is -0.655. The number of nitrogens with zero attached hydrogens (tertiary/aromatic N) is 3. The third-order valence-electron chi connectivity index (χ3n) is 4.02. The number of benzene rings is 2. The van der Waals surface area contributed by atoms with Gasteiger partial charge in [0.05, 0.1) is 16.9 Å². The van der Waals surface area contributed by atoms with Gasteiger partial charge in [-0.2, -0.15) is 10.1 Å². The Hall–Kier alpha value is -3.80. The number of hydrogen-bond donors (Lipinski definition) is 1. The molecule has 0 aliphatic rings. The molecule has 0 radical (unpaired) electrons. The number of para-hydroxylation sites is 1. The normalized spacial score (nSPS) is 10.6. The Bertz CT molecular complexity index is 1020. The van der Waals surface area contributed by atoms with Gasteiger partial charge in [-0.15, -0.1) is 0 Å². The van der Waals surface area contributed by atoms with Gasteiger partial charge >= 0.3 is 0 Å². The second-order valence-electron chi connectivity index (χ2n) is 6.07. The molecule has 28 heavy (non-hydrogen) atoms. The van der Waals surface area contributed by atoms with Crippen molar-refractivity contribution in [3.8, 4) is 0 Å². The van der Waals surface area contributed by atoms with E-state index in [1.807, 2.05) is 31.2 Å². The fourth-order valence-electron chi connectivity index (χ4n) is 2.70. The van der Waals surface area contributed by atoms with Crippen molar-refractivity contribution in [3.05, 3.63) is 89.7 Å². The van der Waals surface area contributed by atoms with Crippen molar-refractivity contribution in [1.29, 1.82) is 0 Å². The van der Waals surface area contributed by atoms with E-state index in [4.69, 9.17) is 0 Å². The first-order chi connectivity index (χ1) is 13.6. The summed E-state index contributed by atoms with van der Waals surface area (Å²) in [5.41, 5.74) is 2.88. The van der Waals surface area contributed by atoms with Gasteiger partial charge in [-0.3, -0.25) is 14.6 Å². The third-order valence-corrected chi connectivity index (χ3v) is 4.02. The number of rotatable bonds is 5. The van der Waals surface area contributed by atoms with E-state index in [0.29, 0.717) is 22.5 Å². The molecule has 0 saturated carbocycles. The molecule has 0 aliphatic carbocycles. The number of carbonyl (C=O) groups excluding carboxylic acids is 2. The summed E-state index contributed by atoms with van der Waals surface area (Å²) < 4.78 is 0. The van der Waals surface area contributed by atoms with Crippen molar-refractivity contribution in [3.63, 3.8) is 0 Å². The lowest BCUT2D eigenvalue weighted by atomic mass is 10.1. The Morgan fingerprint density at radius 1 is 1.04 bits per heavy atom. The van der Waals surface area contributed by atoms with Crippen LogP contribution in [-0.4, -0.2) is 23.0 Å². The van der Waals surface area contributed by atoms with Gasteiger partial charge in [-0.1, -0.05) is 24.3 Å². The van der Waals surface area contributed by atoms with Gasteiger partial charge in [0, 0.05) is 24.2 Å². The Balaban J connectivity index is 1.94. The van der Waals surface area contributed by atoms with Crippen LogP contribution >= 0.6 is 0 Å². The average Bonchev–Trinajstić information content (AvgIpc) is 2.72. The summed E-state index contributed by atoms with van der Waals surface area (Å²) in [6, 6.07) is 17.6. The Kier molecular flexibility index (Phi) is 5.91. The number of hydrazone groups is 1. The maximum atomic E-state index is 13.2. The number of aryl methyl sites for hydroxylation is 1. The number of carbonyl (C=O) groups is 2. The first-order valence-electron chi connectivity index (χ1n) is 8.80. The predicted octanol–water partition coefficient (Wildman–Crippen LogP) is 4.29. The smallest absolute Gasteiger partial charge is 0.280 e. The van der Waals surface area contributed by atoms with Crippen LogP contribution < -0.4 is 10.3 Å². The van der Waals surface area contributed by atoms with Crippen molar-refractivity contribution in [1.82, 2.24) is 4.98 Å². The molecule has 140 valence electrons. The molecule has 0 spiro atoms. The summed E-state index contributed by atoms with van der Waals surface area (Å²) >= 11 is 0. The Labute approximate surface area is 163 Å². The van der Waals surface area contributed by atoms with Gasteiger partial charge in [0.2, 0.25) is 0 Å². The van der Waals surface area contributed by atoms with Crippen molar-refractivity contribution in [2.24, 2.45) is 5.10 Å². The van der Waals surface area contributed by atoms with Crippen LogP contribution in [0.15, 0.2) is 78.2 Å². The molecule has 0 unspecified atom stereocenters. The van der Waals surface area contributed by atoms with Gasteiger partial charge in [-0.25, -0.2) is 0 Å². The van der Waals surface area contributed by atoms with Crippen molar-refractivity contribution in [2.45, 2.75) is 13.8 Å². The highest BCUT2D eigenvalue weighted by Crippen LogP contribution is 2.23. The zero-order chi connectivity index (χ0) is 19.9. The highest BCUT2D eigenvalue weighted by molar-refractivity contribution is 6.13. The molecule has 0 bridgehead atoms. The van der Waals surface area contributed by atoms with Crippen LogP contribution in [0.3, 0.4) is 0 Å². The molecule has 6 heteroatoms. The predicted molar refractivity (Wildman–Crippen MR) is 111 cm³/mol. The highest BCUT2D eigenvalue weighted by Gasteiger charge is 2.21. The minimum Gasteiger partial charge on any atom is -0.321 e. The zero-order valence-electron chi connectivity index (χ0n) is 15.7. The first-order valence-corrected chi connectivity index (χ1v) is 8.80. The fourth-order valence-corrected chi connectivity index (χ4v) is 2.70. The van der Waals surface area contributed by atoms with Crippen LogP contribution in [0.2, 0.25) is 0 Å². The van der Waals surface area contributed by atoms with Crippen molar-refractivity contribution < 1.29 is 9.59 Å². The van der Waals surface area contributed by atoms with Crippen LogP contribution in [0.4, 0.5) is 11.4 Å². The summed E-state index contributed by atoms with van der Waals surface area (Å²) in [6.45, 7) is 3.69. The van der Waals surface area contributed by atoms with E-state index in [9.17, 15) is 9.59 Å². The summed E-state index contributed by atoms with van der Waals surface area (Å²) in [5, 5.41) is 8.35. The van der Waals surface area contributed by atoms with E-state index < -0.39 is 0 Å². The topological polar surface area (TPSA) is 74.7 Å². The monoisotopic (exact) mass is 372 g/mol. The van der Waals surface area contributed by atoms with Crippen molar-refractivity contribution in [2.75, 3.05) is 10.3 Å². The lowest BCUT2D eigenvalue weighted by Gasteiger charge is -2.19. The SMILES string of the molecule is CC=NN(C(=O)c1ccccc1NC(=O)c1ccncc1)c1cccc(C)c1. The van der Waals surface area contributed by atoms with Gasteiger partial charge in [0.15, 0.2) is 0 Å². The van der Waals surface area contributed by atoms with Crippen molar-refractivity contribution >= 4 is 29.4 Å². The number of aromatic nitrogens is 1. The molecule has 1 aromatic heterocycles. The Morgan fingerprint density at radius 2 is 1.79 bits per heavy atom. The molecule has 3 aromatic rings. The van der Waals surface area contributed by atoms with E-state index >= 15 is 0 Å². The van der Waals surface area contributed by atoms with Gasteiger partial charge in [-0.05, 0) is 55.8 Å². The van der Waals surface area contributed by atoms with Gasteiger partial charge < -0.3 is 5.32 Å². The van der Waals surface area contributed by atoms with Gasteiger partial charge in [0.25, 0.3) is 11.8 Å². The number of nitrogens with one attached hydrogen (secondary N) is 1. The molecule has 0 aliphatic heterocycles. The molecule has 0 fully saturated rings. The third kappa shape index (κ3) is 4.29. The van der Waals surface area contributed by atoms with E-state index in [1.165, 1.54) is 5.01 Å². The zero-order valence-corrected chi connectivity index (χ0v) is 15.7. The standard InChI is InChI=1S/C22H20N4O2/c1-3-24-26(18-8-6-7-16(2)15-18)22(28)19-9-4-5-10-20(19)25-21(27)17-11-13-23-14-12-17/h3-15H,1-2H3,(H,25,27). The lowest BCUT2D eigenvalue weighted by molar-refractivity contribution is 0.0988. The minimum atomic E-state index is -0.339. The van der Waals surface area contributed by atoms with Gasteiger partial charge in [0.1, 0.15) is 0 Å². The van der Waals surface area contributed by atoms with Crippen LogP contribution in [0.25, 0.3) is 0 Å². The molecular formula is C22H20N4O2. The summed E-state index contributed by atoms with van der Waals surface area (Å²) in [6.07, 6.45) is 4.64. The largest absolute Gasteiger partial charge is 0.321 e. The Morgan fingerprint density at radius 3 is 2.50 bits per heavy atom. The summed E-state index contributed by atoms with van der Waals surface area (Å²) in [7, 11) is 0. The lowest BCUT2D eigenvalue weighted by Crippen LogP contribution is -2.27. The number of hydrogen-bond acceptors (Lipinski definition) is 4. The molecule has 3 rings (SSSR count). The minimum absolute atomic E-state index is 0.316. The highest BCUT2D eigenvalue weighted by atomic mass is 16.2. The maximum absolute atomic E-state index is 13.2. The molecule has 6 nitrogen and oxygen atoms in total. The summed E-state index contributed by atoms with van der Waals surface area (Å²) in [4.78, 5) is 29.7. The van der Waals surface area contributed by atoms with E-state index in [2.05, 4.69) is 15.4 Å². The molecule has 0 saturated heterocycles. The average molecular weight is 372 g/mol. The van der Waals surface area contributed by atoms with Crippen LogP contribution in [-0.2, 0) is 0 Å². The quantitative estimate of drug-likeness (QED) is 0.536. The molecule has 2 amide bonds. The number of pyridine rings is 1.